The number of hydrogen-bond acceptors (Lipinski definition) is 1. The SMILES string of the molecule is CCCCCCCc1ccc(-c2cnc(Cc3ccc(Cl)cc3)[nH]2)cc1. The van der Waals surface area contributed by atoms with E-state index in [0.29, 0.717) is 0 Å². The zero-order valence-electron chi connectivity index (χ0n) is 15.5. The van der Waals surface area contributed by atoms with E-state index in [1.54, 1.807) is 0 Å². The van der Waals surface area contributed by atoms with Gasteiger partial charge in [0.15, 0.2) is 0 Å². The summed E-state index contributed by atoms with van der Waals surface area (Å²) in [6, 6.07) is 16.8. The van der Waals surface area contributed by atoms with E-state index in [1.807, 2.05) is 30.5 Å². The van der Waals surface area contributed by atoms with Crippen LogP contribution in [0.5, 0.6) is 0 Å². The second-order valence-electron chi connectivity index (χ2n) is 6.91. The Bertz CT molecular complexity index is 788. The molecule has 0 atom stereocenters. The van der Waals surface area contributed by atoms with Gasteiger partial charge in [-0.1, -0.05) is 80.6 Å². The van der Waals surface area contributed by atoms with Crippen LogP contribution in [-0.4, -0.2) is 9.97 Å². The zero-order chi connectivity index (χ0) is 18.2. The predicted octanol–water partition coefficient (Wildman–Crippen LogP) is 6.83. The van der Waals surface area contributed by atoms with Gasteiger partial charge in [-0.15, -0.1) is 0 Å². The Hall–Kier alpha value is -2.06. The van der Waals surface area contributed by atoms with Gasteiger partial charge < -0.3 is 4.98 Å². The van der Waals surface area contributed by atoms with Crippen molar-refractivity contribution in [2.24, 2.45) is 0 Å². The van der Waals surface area contributed by atoms with E-state index in [1.165, 1.54) is 55.2 Å². The van der Waals surface area contributed by atoms with Crippen LogP contribution in [0.1, 0.15) is 56.0 Å². The Balaban J connectivity index is 1.56. The summed E-state index contributed by atoms with van der Waals surface area (Å²) in [7, 11) is 0. The number of imidazole rings is 1. The average Bonchev–Trinajstić information content (AvgIpc) is 3.12. The van der Waals surface area contributed by atoms with Crippen LogP contribution in [-0.2, 0) is 12.8 Å². The minimum atomic E-state index is 0.763. The fraction of sp³-hybridized carbons (Fsp3) is 0.348. The van der Waals surface area contributed by atoms with Crippen LogP contribution in [0.15, 0.2) is 54.7 Å². The third-order valence-electron chi connectivity index (χ3n) is 4.75. The molecule has 0 radical (unpaired) electrons. The number of unbranched alkanes of at least 4 members (excludes halogenated alkanes) is 4. The van der Waals surface area contributed by atoms with Gasteiger partial charge >= 0.3 is 0 Å². The van der Waals surface area contributed by atoms with Crippen LogP contribution in [0.3, 0.4) is 0 Å². The van der Waals surface area contributed by atoms with Crippen molar-refractivity contribution >= 4 is 11.6 Å². The van der Waals surface area contributed by atoms with Gasteiger partial charge in [-0.2, -0.15) is 0 Å². The summed E-state index contributed by atoms with van der Waals surface area (Å²) in [5.74, 6) is 0.974. The first-order valence-electron chi connectivity index (χ1n) is 9.62. The molecule has 136 valence electrons. The number of nitrogens with one attached hydrogen (secondary N) is 1. The van der Waals surface area contributed by atoms with Crippen molar-refractivity contribution in [3.05, 3.63) is 76.7 Å². The van der Waals surface area contributed by atoms with Crippen LogP contribution in [0.4, 0.5) is 0 Å². The van der Waals surface area contributed by atoms with E-state index in [0.717, 1.165) is 23.0 Å². The van der Waals surface area contributed by atoms with E-state index in [-0.39, 0.29) is 0 Å². The lowest BCUT2D eigenvalue weighted by Crippen LogP contribution is -1.90. The second kappa shape index (κ2) is 9.59. The van der Waals surface area contributed by atoms with Crippen molar-refractivity contribution in [3.8, 4) is 11.3 Å². The van der Waals surface area contributed by atoms with Crippen molar-refractivity contribution in [1.29, 1.82) is 0 Å². The molecule has 0 saturated heterocycles. The minimum absolute atomic E-state index is 0.763. The van der Waals surface area contributed by atoms with Gasteiger partial charge in [0.2, 0.25) is 0 Å². The maximum Gasteiger partial charge on any atom is 0.110 e. The number of rotatable bonds is 9. The van der Waals surface area contributed by atoms with E-state index in [9.17, 15) is 0 Å². The molecule has 0 amide bonds. The molecule has 1 heterocycles. The van der Waals surface area contributed by atoms with Crippen molar-refractivity contribution in [1.82, 2.24) is 9.97 Å². The third kappa shape index (κ3) is 5.47. The highest BCUT2D eigenvalue weighted by Gasteiger charge is 2.05. The zero-order valence-corrected chi connectivity index (χ0v) is 16.2. The fourth-order valence-corrected chi connectivity index (χ4v) is 3.30. The lowest BCUT2D eigenvalue weighted by molar-refractivity contribution is 0.632. The number of halogens is 1. The standard InChI is InChI=1S/C23H27ClN2/c1-2-3-4-5-6-7-18-8-12-20(13-9-18)22-17-25-23(26-22)16-19-10-14-21(24)15-11-19/h8-15,17H,2-7,16H2,1H3,(H,25,26). The molecule has 1 N–H and O–H groups in total. The Morgan fingerprint density at radius 1 is 0.846 bits per heavy atom. The molecule has 3 rings (SSSR count). The molecule has 3 aromatic rings. The third-order valence-corrected chi connectivity index (χ3v) is 5.00. The van der Waals surface area contributed by atoms with Crippen LogP contribution in [0.25, 0.3) is 11.3 Å². The lowest BCUT2D eigenvalue weighted by atomic mass is 10.0. The molecule has 0 saturated carbocycles. The first-order chi connectivity index (χ1) is 12.7. The highest BCUT2D eigenvalue weighted by atomic mass is 35.5. The normalized spacial score (nSPS) is 11.0. The highest BCUT2D eigenvalue weighted by Crippen LogP contribution is 2.20. The molecule has 3 heteroatoms. The van der Waals surface area contributed by atoms with Crippen molar-refractivity contribution in [2.75, 3.05) is 0 Å². The number of aryl methyl sites for hydroxylation is 1. The van der Waals surface area contributed by atoms with Gasteiger partial charge in [-0.3, -0.25) is 0 Å². The molecule has 0 fully saturated rings. The number of hydrogen-bond donors (Lipinski definition) is 1. The summed E-state index contributed by atoms with van der Waals surface area (Å²) in [6.07, 6.45) is 10.5. The number of benzene rings is 2. The molecule has 0 bridgehead atoms. The number of aromatic amines is 1. The molecule has 0 aliphatic rings. The molecule has 0 aliphatic heterocycles. The van der Waals surface area contributed by atoms with E-state index in [4.69, 9.17) is 11.6 Å². The monoisotopic (exact) mass is 366 g/mol. The largest absolute Gasteiger partial charge is 0.342 e. The molecular formula is C23H27ClN2. The Morgan fingerprint density at radius 2 is 1.54 bits per heavy atom. The van der Waals surface area contributed by atoms with Crippen molar-refractivity contribution < 1.29 is 0 Å². The molecule has 26 heavy (non-hydrogen) atoms. The quantitative estimate of drug-likeness (QED) is 0.413. The predicted molar refractivity (Wildman–Crippen MR) is 111 cm³/mol. The minimum Gasteiger partial charge on any atom is -0.342 e. The number of aromatic nitrogens is 2. The van der Waals surface area contributed by atoms with Crippen LogP contribution < -0.4 is 0 Å². The second-order valence-corrected chi connectivity index (χ2v) is 7.34. The molecule has 2 aromatic carbocycles. The smallest absolute Gasteiger partial charge is 0.110 e. The van der Waals surface area contributed by atoms with Gasteiger partial charge in [0.25, 0.3) is 0 Å². The summed E-state index contributed by atoms with van der Waals surface area (Å²) in [5, 5.41) is 0.763. The Kier molecular flexibility index (Phi) is 6.90. The molecule has 0 aliphatic carbocycles. The van der Waals surface area contributed by atoms with Crippen LogP contribution in [0, 0.1) is 0 Å². The van der Waals surface area contributed by atoms with Gasteiger partial charge in [-0.05, 0) is 41.7 Å². The summed E-state index contributed by atoms with van der Waals surface area (Å²) < 4.78 is 0. The first-order valence-corrected chi connectivity index (χ1v) is 10.00. The molecule has 0 unspecified atom stereocenters. The van der Waals surface area contributed by atoms with E-state index < -0.39 is 0 Å². The highest BCUT2D eigenvalue weighted by molar-refractivity contribution is 6.30. The van der Waals surface area contributed by atoms with Gasteiger partial charge in [0.1, 0.15) is 5.82 Å². The summed E-state index contributed by atoms with van der Waals surface area (Å²) in [4.78, 5) is 7.96. The first kappa shape index (κ1) is 18.7. The van der Waals surface area contributed by atoms with Crippen LogP contribution in [0.2, 0.25) is 5.02 Å². The Morgan fingerprint density at radius 3 is 2.27 bits per heavy atom. The summed E-state index contributed by atoms with van der Waals surface area (Å²) in [5.41, 5.74) is 4.89. The summed E-state index contributed by atoms with van der Waals surface area (Å²) >= 11 is 5.94. The molecule has 1 aromatic heterocycles. The fourth-order valence-electron chi connectivity index (χ4n) is 3.18. The van der Waals surface area contributed by atoms with Gasteiger partial charge in [-0.25, -0.2) is 4.98 Å². The maximum atomic E-state index is 5.94. The molecule has 0 spiro atoms. The average molecular weight is 367 g/mol. The molecular weight excluding hydrogens is 340 g/mol. The van der Waals surface area contributed by atoms with E-state index in [2.05, 4.69) is 41.2 Å². The van der Waals surface area contributed by atoms with Gasteiger partial charge in [0, 0.05) is 11.4 Å². The van der Waals surface area contributed by atoms with E-state index >= 15 is 0 Å². The Labute approximate surface area is 161 Å². The number of nitrogens with zero attached hydrogens (tertiary/aromatic N) is 1. The summed E-state index contributed by atoms with van der Waals surface area (Å²) in [6.45, 7) is 2.26. The van der Waals surface area contributed by atoms with Crippen molar-refractivity contribution in [3.63, 3.8) is 0 Å². The van der Waals surface area contributed by atoms with Crippen molar-refractivity contribution in [2.45, 2.75) is 51.9 Å². The van der Waals surface area contributed by atoms with Crippen LogP contribution >= 0.6 is 11.6 Å². The number of H-pyrrole nitrogens is 1. The topological polar surface area (TPSA) is 28.7 Å². The lowest BCUT2D eigenvalue weighted by Gasteiger charge is -2.04. The molecule has 2 nitrogen and oxygen atoms in total. The maximum absolute atomic E-state index is 5.94. The van der Waals surface area contributed by atoms with Gasteiger partial charge in [0.05, 0.1) is 11.9 Å².